The van der Waals surface area contributed by atoms with Crippen molar-refractivity contribution in [1.29, 1.82) is 0 Å². The summed E-state index contributed by atoms with van der Waals surface area (Å²) in [5, 5.41) is 9.69. The molecule has 7 nitrogen and oxygen atoms in total. The number of thiophene rings is 1. The van der Waals surface area contributed by atoms with Crippen molar-refractivity contribution in [2.75, 3.05) is 26.2 Å². The fourth-order valence-electron chi connectivity index (χ4n) is 2.52. The van der Waals surface area contributed by atoms with E-state index >= 15 is 0 Å². The lowest BCUT2D eigenvalue weighted by Gasteiger charge is -2.34. The first kappa shape index (κ1) is 16.6. The van der Waals surface area contributed by atoms with Gasteiger partial charge in [0.25, 0.3) is 0 Å². The third kappa shape index (κ3) is 3.64. The van der Waals surface area contributed by atoms with Gasteiger partial charge in [0, 0.05) is 37.0 Å². The zero-order valence-corrected chi connectivity index (χ0v) is 14.6. The molecule has 24 heavy (non-hydrogen) atoms. The molecule has 1 aliphatic rings. The van der Waals surface area contributed by atoms with Crippen LogP contribution >= 0.6 is 11.3 Å². The monoisotopic (exact) mass is 348 g/mol. The average molecular weight is 348 g/mol. The first-order chi connectivity index (χ1) is 11.5. The number of piperazine rings is 1. The van der Waals surface area contributed by atoms with Gasteiger partial charge in [-0.2, -0.15) is 0 Å². The van der Waals surface area contributed by atoms with Gasteiger partial charge in [-0.15, -0.1) is 21.5 Å². The van der Waals surface area contributed by atoms with Crippen molar-refractivity contribution in [2.24, 2.45) is 0 Å². The molecule has 0 bridgehead atoms. The summed E-state index contributed by atoms with van der Waals surface area (Å²) in [7, 11) is 0. The van der Waals surface area contributed by atoms with E-state index in [2.05, 4.69) is 10.2 Å². The van der Waals surface area contributed by atoms with E-state index in [1.165, 1.54) is 0 Å². The van der Waals surface area contributed by atoms with E-state index in [0.717, 1.165) is 4.88 Å². The summed E-state index contributed by atoms with van der Waals surface area (Å²) < 4.78 is 5.41. The Balaban J connectivity index is 1.54. The van der Waals surface area contributed by atoms with Gasteiger partial charge < -0.3 is 14.2 Å². The maximum absolute atomic E-state index is 12.4. The summed E-state index contributed by atoms with van der Waals surface area (Å²) in [6.45, 7) is 5.88. The van der Waals surface area contributed by atoms with Crippen molar-refractivity contribution >= 4 is 23.2 Å². The SMILES string of the molecule is CC(C)c1nnc(C(=O)N2CCN(C(=O)Cc3cccs3)CC2)o1. The van der Waals surface area contributed by atoms with Gasteiger partial charge in [0.1, 0.15) is 0 Å². The highest BCUT2D eigenvalue weighted by Crippen LogP contribution is 2.15. The number of carbonyl (C=O) groups is 2. The van der Waals surface area contributed by atoms with Gasteiger partial charge in [-0.25, -0.2) is 0 Å². The lowest BCUT2D eigenvalue weighted by molar-refractivity contribution is -0.131. The van der Waals surface area contributed by atoms with Gasteiger partial charge in [-0.3, -0.25) is 9.59 Å². The maximum atomic E-state index is 12.4. The van der Waals surface area contributed by atoms with E-state index in [0.29, 0.717) is 38.5 Å². The van der Waals surface area contributed by atoms with Gasteiger partial charge >= 0.3 is 11.8 Å². The zero-order chi connectivity index (χ0) is 17.1. The van der Waals surface area contributed by atoms with Crippen molar-refractivity contribution in [1.82, 2.24) is 20.0 Å². The summed E-state index contributed by atoms with van der Waals surface area (Å²) in [5.41, 5.74) is 0. The Hall–Kier alpha value is -2.22. The lowest BCUT2D eigenvalue weighted by atomic mass is 10.2. The largest absolute Gasteiger partial charge is 0.417 e. The molecule has 1 aliphatic heterocycles. The number of carbonyl (C=O) groups excluding carboxylic acids is 2. The fraction of sp³-hybridized carbons (Fsp3) is 0.500. The molecule has 0 unspecified atom stereocenters. The van der Waals surface area contributed by atoms with Gasteiger partial charge in [0.2, 0.25) is 11.8 Å². The van der Waals surface area contributed by atoms with E-state index < -0.39 is 0 Å². The Bertz CT molecular complexity index is 703. The number of hydrogen-bond acceptors (Lipinski definition) is 6. The third-order valence-electron chi connectivity index (χ3n) is 3.94. The van der Waals surface area contributed by atoms with Crippen LogP contribution in [0.5, 0.6) is 0 Å². The smallest absolute Gasteiger partial charge is 0.311 e. The topological polar surface area (TPSA) is 79.5 Å². The van der Waals surface area contributed by atoms with E-state index in [9.17, 15) is 9.59 Å². The molecule has 128 valence electrons. The predicted octanol–water partition coefficient (Wildman–Crippen LogP) is 1.78. The van der Waals surface area contributed by atoms with Gasteiger partial charge in [0.05, 0.1) is 6.42 Å². The first-order valence-electron chi connectivity index (χ1n) is 7.97. The standard InChI is InChI=1S/C16H20N4O3S/c1-11(2)14-17-18-15(23-14)16(22)20-7-5-19(6-8-20)13(21)10-12-4-3-9-24-12/h3-4,9,11H,5-8,10H2,1-2H3. The molecule has 0 saturated carbocycles. The zero-order valence-electron chi connectivity index (χ0n) is 13.8. The Kier molecular flexibility index (Phi) is 4.94. The molecule has 0 radical (unpaired) electrons. The Morgan fingerprint density at radius 1 is 1.21 bits per heavy atom. The molecule has 3 heterocycles. The Labute approximate surface area is 144 Å². The molecule has 0 aliphatic carbocycles. The second-order valence-corrected chi connectivity index (χ2v) is 7.06. The van der Waals surface area contributed by atoms with Crippen molar-refractivity contribution in [3.63, 3.8) is 0 Å². The molecule has 1 saturated heterocycles. The highest BCUT2D eigenvalue weighted by atomic mass is 32.1. The second kappa shape index (κ2) is 7.12. The molecular formula is C16H20N4O3S. The Morgan fingerprint density at radius 3 is 2.50 bits per heavy atom. The molecule has 0 atom stereocenters. The molecule has 0 spiro atoms. The van der Waals surface area contributed by atoms with Crippen LogP contribution in [0.15, 0.2) is 21.9 Å². The highest BCUT2D eigenvalue weighted by Gasteiger charge is 2.28. The number of hydrogen-bond donors (Lipinski definition) is 0. The van der Waals surface area contributed by atoms with Crippen LogP contribution in [0.25, 0.3) is 0 Å². The molecule has 2 amide bonds. The van der Waals surface area contributed by atoms with Crippen LogP contribution in [-0.4, -0.2) is 58.0 Å². The third-order valence-corrected chi connectivity index (χ3v) is 4.82. The van der Waals surface area contributed by atoms with Crippen LogP contribution in [0.3, 0.4) is 0 Å². The molecule has 3 rings (SSSR count). The summed E-state index contributed by atoms with van der Waals surface area (Å²) in [5.74, 6) is 0.412. The van der Waals surface area contributed by atoms with Gasteiger partial charge in [-0.1, -0.05) is 19.9 Å². The van der Waals surface area contributed by atoms with Gasteiger partial charge in [0.15, 0.2) is 0 Å². The van der Waals surface area contributed by atoms with Crippen molar-refractivity contribution in [3.05, 3.63) is 34.2 Å². The van der Waals surface area contributed by atoms with Crippen LogP contribution < -0.4 is 0 Å². The van der Waals surface area contributed by atoms with E-state index in [-0.39, 0.29) is 23.6 Å². The number of aromatic nitrogens is 2. The second-order valence-electron chi connectivity index (χ2n) is 6.03. The average Bonchev–Trinajstić information content (AvgIpc) is 3.26. The normalized spacial score (nSPS) is 15.1. The molecule has 1 fully saturated rings. The van der Waals surface area contributed by atoms with E-state index in [1.54, 1.807) is 21.1 Å². The molecule has 2 aromatic rings. The summed E-state index contributed by atoms with van der Waals surface area (Å²) in [4.78, 5) is 29.2. The minimum absolute atomic E-state index is 0.0251. The van der Waals surface area contributed by atoms with Crippen molar-refractivity contribution < 1.29 is 14.0 Å². The fourth-order valence-corrected chi connectivity index (χ4v) is 3.22. The quantitative estimate of drug-likeness (QED) is 0.841. The minimum atomic E-state index is -0.264. The molecule has 0 N–H and O–H groups in total. The number of nitrogens with zero attached hydrogens (tertiary/aromatic N) is 4. The van der Waals surface area contributed by atoms with Gasteiger partial charge in [-0.05, 0) is 11.4 Å². The van der Waals surface area contributed by atoms with Crippen LogP contribution in [0.1, 0.15) is 41.2 Å². The number of amides is 2. The highest BCUT2D eigenvalue weighted by molar-refractivity contribution is 7.10. The van der Waals surface area contributed by atoms with E-state index in [1.807, 2.05) is 31.4 Å². The number of rotatable bonds is 4. The van der Waals surface area contributed by atoms with Crippen LogP contribution in [0.2, 0.25) is 0 Å². The molecule has 0 aromatic carbocycles. The van der Waals surface area contributed by atoms with Crippen LogP contribution in [0.4, 0.5) is 0 Å². The Morgan fingerprint density at radius 2 is 1.92 bits per heavy atom. The molecular weight excluding hydrogens is 328 g/mol. The minimum Gasteiger partial charge on any atom is -0.417 e. The van der Waals surface area contributed by atoms with Crippen molar-refractivity contribution in [3.8, 4) is 0 Å². The summed E-state index contributed by atoms with van der Waals surface area (Å²) >= 11 is 1.58. The van der Waals surface area contributed by atoms with E-state index in [4.69, 9.17) is 4.42 Å². The van der Waals surface area contributed by atoms with Crippen LogP contribution in [-0.2, 0) is 11.2 Å². The summed E-state index contributed by atoms with van der Waals surface area (Å²) in [6.07, 6.45) is 0.424. The summed E-state index contributed by atoms with van der Waals surface area (Å²) in [6, 6.07) is 3.91. The maximum Gasteiger partial charge on any atom is 0.311 e. The predicted molar refractivity (Wildman–Crippen MR) is 88.9 cm³/mol. The lowest BCUT2D eigenvalue weighted by Crippen LogP contribution is -2.51. The first-order valence-corrected chi connectivity index (χ1v) is 8.85. The molecule has 2 aromatic heterocycles. The molecule has 8 heteroatoms. The van der Waals surface area contributed by atoms with Crippen LogP contribution in [0, 0.1) is 0 Å². The van der Waals surface area contributed by atoms with Crippen molar-refractivity contribution in [2.45, 2.75) is 26.2 Å².